The first-order valence-corrected chi connectivity index (χ1v) is 8.11. The average molecular weight is 356 g/mol. The first-order chi connectivity index (χ1) is 12.1. The number of anilines is 2. The van der Waals surface area contributed by atoms with Gasteiger partial charge in [0.25, 0.3) is 11.7 Å². The molecule has 0 saturated carbocycles. The van der Waals surface area contributed by atoms with Crippen LogP contribution in [0.25, 0.3) is 0 Å². The molecule has 0 atom stereocenters. The van der Waals surface area contributed by atoms with Gasteiger partial charge in [0.15, 0.2) is 0 Å². The van der Waals surface area contributed by atoms with Crippen LogP contribution in [0, 0.1) is 5.82 Å². The van der Waals surface area contributed by atoms with Crippen molar-refractivity contribution in [3.05, 3.63) is 59.4 Å². The highest BCUT2D eigenvalue weighted by atomic mass is 19.1. The lowest BCUT2D eigenvalue weighted by Gasteiger charge is -2.18. The summed E-state index contributed by atoms with van der Waals surface area (Å²) in [5.41, 5.74) is 1.39. The molecule has 2 amide bonds. The number of halogens is 1. The molecule has 0 aromatic heterocycles. The van der Waals surface area contributed by atoms with E-state index >= 15 is 0 Å². The Hall–Kier alpha value is -3.02. The Kier molecular flexibility index (Phi) is 5.55. The molecule has 5 nitrogen and oxygen atoms in total. The summed E-state index contributed by atoms with van der Waals surface area (Å²) in [4.78, 5) is 35.5. The number of hydrogen-bond donors (Lipinski definition) is 2. The molecule has 2 aromatic carbocycles. The summed E-state index contributed by atoms with van der Waals surface area (Å²) in [5, 5.41) is 4.74. The molecule has 136 valence electrons. The van der Waals surface area contributed by atoms with Crippen molar-refractivity contribution in [3.8, 4) is 0 Å². The highest BCUT2D eigenvalue weighted by Crippen LogP contribution is 2.23. The number of benzene rings is 2. The number of ketones is 1. The van der Waals surface area contributed by atoms with Crippen molar-refractivity contribution in [3.63, 3.8) is 0 Å². The highest BCUT2D eigenvalue weighted by Gasteiger charge is 2.19. The molecule has 0 radical (unpaired) electrons. The molecular weight excluding hydrogens is 335 g/mol. The van der Waals surface area contributed by atoms with E-state index < -0.39 is 23.4 Å². The number of rotatable bonds is 4. The lowest BCUT2D eigenvalue weighted by atomic mass is 9.86. The number of nitrogens with one attached hydrogen (secondary N) is 2. The number of carbonyl (C=O) groups is 3. The van der Waals surface area contributed by atoms with E-state index in [1.807, 2.05) is 12.1 Å². The minimum atomic E-state index is -0.839. The third kappa shape index (κ3) is 4.75. The van der Waals surface area contributed by atoms with Crippen molar-refractivity contribution in [1.82, 2.24) is 0 Å². The first-order valence-electron chi connectivity index (χ1n) is 8.11. The average Bonchev–Trinajstić information content (AvgIpc) is 2.56. The number of amides is 2. The smallest absolute Gasteiger partial charge is 0.296 e. The Morgan fingerprint density at radius 1 is 0.923 bits per heavy atom. The summed E-state index contributed by atoms with van der Waals surface area (Å²) in [6.45, 7) is 7.41. The predicted octanol–water partition coefficient (Wildman–Crippen LogP) is 3.90. The molecule has 26 heavy (non-hydrogen) atoms. The van der Waals surface area contributed by atoms with Gasteiger partial charge in [-0.2, -0.15) is 0 Å². The minimum absolute atomic E-state index is 0.0575. The molecule has 0 unspecified atom stereocenters. The van der Waals surface area contributed by atoms with E-state index in [4.69, 9.17) is 0 Å². The second-order valence-corrected chi connectivity index (χ2v) is 6.99. The summed E-state index contributed by atoms with van der Waals surface area (Å²) >= 11 is 0. The summed E-state index contributed by atoms with van der Waals surface area (Å²) in [7, 11) is 0. The molecule has 2 rings (SSSR count). The molecule has 2 aromatic rings. The van der Waals surface area contributed by atoms with Crippen LogP contribution in [-0.2, 0) is 15.0 Å². The number of Topliss-reactive ketones (excluding diaryl/α,β-unsaturated/α-hetero) is 1. The zero-order chi connectivity index (χ0) is 19.5. The van der Waals surface area contributed by atoms with Crippen molar-refractivity contribution in [2.45, 2.75) is 33.1 Å². The van der Waals surface area contributed by atoms with Gasteiger partial charge in [-0.05, 0) is 29.2 Å². The molecule has 0 fully saturated rings. The standard InChI is InChI=1S/C20H21FN2O3/c1-12(24)22-17-11-15(9-10-16(17)21)23-19(26)18(25)13-5-7-14(8-6-13)20(2,3)4/h5-11H,1-4H3,(H,22,24)(H,23,26). The van der Waals surface area contributed by atoms with Gasteiger partial charge in [-0.25, -0.2) is 4.39 Å². The molecule has 0 bridgehead atoms. The van der Waals surface area contributed by atoms with Crippen molar-refractivity contribution >= 4 is 29.0 Å². The van der Waals surface area contributed by atoms with Gasteiger partial charge in [-0.1, -0.05) is 45.0 Å². The van der Waals surface area contributed by atoms with Crippen molar-refractivity contribution in [1.29, 1.82) is 0 Å². The highest BCUT2D eigenvalue weighted by molar-refractivity contribution is 6.46. The fraction of sp³-hybridized carbons (Fsp3) is 0.250. The number of carbonyl (C=O) groups excluding carboxylic acids is 3. The lowest BCUT2D eigenvalue weighted by Crippen LogP contribution is -2.23. The second kappa shape index (κ2) is 7.47. The normalized spacial score (nSPS) is 11.0. The van der Waals surface area contributed by atoms with E-state index in [1.165, 1.54) is 19.1 Å². The molecule has 0 aliphatic heterocycles. The number of hydrogen-bond acceptors (Lipinski definition) is 3. The largest absolute Gasteiger partial charge is 0.324 e. The zero-order valence-corrected chi connectivity index (χ0v) is 15.1. The van der Waals surface area contributed by atoms with Gasteiger partial charge in [0.2, 0.25) is 5.91 Å². The van der Waals surface area contributed by atoms with Crippen molar-refractivity contribution < 1.29 is 18.8 Å². The van der Waals surface area contributed by atoms with E-state index in [0.29, 0.717) is 0 Å². The first kappa shape index (κ1) is 19.3. The molecule has 0 heterocycles. The van der Waals surface area contributed by atoms with Gasteiger partial charge in [-0.3, -0.25) is 14.4 Å². The fourth-order valence-electron chi connectivity index (χ4n) is 2.33. The van der Waals surface area contributed by atoms with Crippen LogP contribution in [0.15, 0.2) is 42.5 Å². The topological polar surface area (TPSA) is 75.3 Å². The van der Waals surface area contributed by atoms with Crippen LogP contribution in [0.2, 0.25) is 0 Å². The van der Waals surface area contributed by atoms with E-state index in [9.17, 15) is 18.8 Å². The van der Waals surface area contributed by atoms with E-state index in [0.717, 1.165) is 11.6 Å². The van der Waals surface area contributed by atoms with Crippen LogP contribution in [0.3, 0.4) is 0 Å². The fourth-order valence-corrected chi connectivity index (χ4v) is 2.33. The van der Waals surface area contributed by atoms with Gasteiger partial charge in [0, 0.05) is 18.2 Å². The second-order valence-electron chi connectivity index (χ2n) is 6.99. The van der Waals surface area contributed by atoms with Gasteiger partial charge >= 0.3 is 0 Å². The van der Waals surface area contributed by atoms with Gasteiger partial charge in [-0.15, -0.1) is 0 Å². The van der Waals surface area contributed by atoms with E-state index in [-0.39, 0.29) is 22.4 Å². The van der Waals surface area contributed by atoms with Gasteiger partial charge in [0.1, 0.15) is 5.82 Å². The van der Waals surface area contributed by atoms with Crippen LogP contribution >= 0.6 is 0 Å². The van der Waals surface area contributed by atoms with Crippen molar-refractivity contribution in [2.24, 2.45) is 0 Å². The lowest BCUT2D eigenvalue weighted by molar-refractivity contribution is -0.114. The maximum Gasteiger partial charge on any atom is 0.296 e. The van der Waals surface area contributed by atoms with Gasteiger partial charge < -0.3 is 10.6 Å². The summed E-state index contributed by atoms with van der Waals surface area (Å²) in [5.74, 6) is -2.62. The maximum absolute atomic E-state index is 13.6. The third-order valence-electron chi connectivity index (χ3n) is 3.75. The molecule has 0 aliphatic rings. The monoisotopic (exact) mass is 356 g/mol. The quantitative estimate of drug-likeness (QED) is 0.644. The molecule has 0 saturated heterocycles. The van der Waals surface area contributed by atoms with Crippen LogP contribution in [0.4, 0.5) is 15.8 Å². The Labute approximate surface area is 151 Å². The maximum atomic E-state index is 13.6. The van der Waals surface area contributed by atoms with Crippen LogP contribution in [0.1, 0.15) is 43.6 Å². The Morgan fingerprint density at radius 3 is 2.08 bits per heavy atom. The van der Waals surface area contributed by atoms with Crippen LogP contribution in [-0.4, -0.2) is 17.6 Å². The third-order valence-corrected chi connectivity index (χ3v) is 3.75. The Morgan fingerprint density at radius 2 is 1.54 bits per heavy atom. The predicted molar refractivity (Wildman–Crippen MR) is 98.8 cm³/mol. The Bertz CT molecular complexity index is 852. The van der Waals surface area contributed by atoms with E-state index in [2.05, 4.69) is 31.4 Å². The summed E-state index contributed by atoms with van der Waals surface area (Å²) in [6.07, 6.45) is 0. The van der Waals surface area contributed by atoms with Gasteiger partial charge in [0.05, 0.1) is 5.69 Å². The zero-order valence-electron chi connectivity index (χ0n) is 15.1. The molecule has 0 spiro atoms. The molecule has 2 N–H and O–H groups in total. The molecule has 6 heteroatoms. The minimum Gasteiger partial charge on any atom is -0.324 e. The SMILES string of the molecule is CC(=O)Nc1cc(NC(=O)C(=O)c2ccc(C(C)(C)C)cc2)ccc1F. The molecule has 0 aliphatic carbocycles. The summed E-state index contributed by atoms with van der Waals surface area (Å²) in [6, 6.07) is 10.5. The molecular formula is C20H21FN2O3. The van der Waals surface area contributed by atoms with E-state index in [1.54, 1.807) is 12.1 Å². The van der Waals surface area contributed by atoms with Crippen LogP contribution in [0.5, 0.6) is 0 Å². The van der Waals surface area contributed by atoms with Crippen LogP contribution < -0.4 is 10.6 Å². The Balaban J connectivity index is 2.14. The van der Waals surface area contributed by atoms with Crippen molar-refractivity contribution in [2.75, 3.05) is 10.6 Å². The summed E-state index contributed by atoms with van der Waals surface area (Å²) < 4.78 is 13.6.